The van der Waals surface area contributed by atoms with Gasteiger partial charge in [-0.25, -0.2) is 0 Å². The average Bonchev–Trinajstić information content (AvgIpc) is 3.01. The molecule has 0 aliphatic carbocycles. The van der Waals surface area contributed by atoms with Gasteiger partial charge in [-0.3, -0.25) is 9.79 Å². The number of amides is 1. The minimum atomic E-state index is 0. The number of aliphatic imine (C=N–C) groups is 1. The van der Waals surface area contributed by atoms with Crippen LogP contribution in [0.25, 0.3) is 0 Å². The highest BCUT2D eigenvalue weighted by Crippen LogP contribution is 2.16. The summed E-state index contributed by atoms with van der Waals surface area (Å²) in [5.74, 6) is 1.54. The number of nitrogens with zero attached hydrogens (tertiary/aromatic N) is 2. The van der Waals surface area contributed by atoms with E-state index in [1.165, 1.54) is 11.1 Å². The molecular weight excluding hydrogens is 439 g/mol. The molecule has 0 aromatic heterocycles. The third-order valence-electron chi connectivity index (χ3n) is 4.58. The van der Waals surface area contributed by atoms with Gasteiger partial charge in [-0.05, 0) is 32.3 Å². The van der Waals surface area contributed by atoms with Crippen molar-refractivity contribution in [3.8, 4) is 0 Å². The van der Waals surface area contributed by atoms with Crippen LogP contribution in [0.4, 0.5) is 0 Å². The second kappa shape index (κ2) is 12.1. The Bertz CT molecular complexity index is 574. The first-order chi connectivity index (χ1) is 12.1. The van der Waals surface area contributed by atoms with E-state index in [0.29, 0.717) is 18.2 Å². The highest BCUT2D eigenvalue weighted by Gasteiger charge is 2.18. The lowest BCUT2D eigenvalue weighted by atomic mass is 10.0. The van der Waals surface area contributed by atoms with Crippen LogP contribution in [-0.4, -0.2) is 49.5 Å². The molecule has 1 fully saturated rings. The Hall–Kier alpha value is -1.31. The molecule has 1 amide bonds. The molecule has 1 saturated heterocycles. The minimum Gasteiger partial charge on any atom is -0.357 e. The van der Waals surface area contributed by atoms with Crippen molar-refractivity contribution in [1.82, 2.24) is 15.5 Å². The SMILES string of the molecule is CCNC(=NCC(C)c1ccc(C)cc1)NCCCN1CCCC1=O.I. The summed E-state index contributed by atoms with van der Waals surface area (Å²) in [6.07, 6.45) is 2.67. The first-order valence-electron chi connectivity index (χ1n) is 9.46. The van der Waals surface area contributed by atoms with Crippen molar-refractivity contribution in [3.05, 3.63) is 35.4 Å². The molecule has 0 spiro atoms. The Morgan fingerprint density at radius 2 is 2.00 bits per heavy atom. The maximum Gasteiger partial charge on any atom is 0.222 e. The molecule has 0 radical (unpaired) electrons. The average molecular weight is 472 g/mol. The summed E-state index contributed by atoms with van der Waals surface area (Å²) in [6.45, 7) is 10.6. The van der Waals surface area contributed by atoms with Crippen molar-refractivity contribution in [2.24, 2.45) is 4.99 Å². The molecule has 0 saturated carbocycles. The van der Waals surface area contributed by atoms with Crippen LogP contribution < -0.4 is 10.6 Å². The number of carbonyl (C=O) groups excluding carboxylic acids is 1. The van der Waals surface area contributed by atoms with Crippen molar-refractivity contribution >= 4 is 35.8 Å². The van der Waals surface area contributed by atoms with Gasteiger partial charge >= 0.3 is 0 Å². The molecule has 146 valence electrons. The zero-order valence-corrected chi connectivity index (χ0v) is 18.6. The second-order valence-corrected chi connectivity index (χ2v) is 6.80. The summed E-state index contributed by atoms with van der Waals surface area (Å²) >= 11 is 0. The molecule has 1 aliphatic heterocycles. The number of likely N-dealkylation sites (tertiary alicyclic amines) is 1. The number of aryl methyl sites for hydroxylation is 1. The van der Waals surface area contributed by atoms with Crippen molar-refractivity contribution < 1.29 is 4.79 Å². The molecule has 1 atom stereocenters. The fourth-order valence-corrected chi connectivity index (χ4v) is 2.99. The summed E-state index contributed by atoms with van der Waals surface area (Å²) in [6, 6.07) is 8.67. The highest BCUT2D eigenvalue weighted by atomic mass is 127. The monoisotopic (exact) mass is 472 g/mol. The van der Waals surface area contributed by atoms with Crippen LogP contribution in [0.2, 0.25) is 0 Å². The van der Waals surface area contributed by atoms with Crippen molar-refractivity contribution in [2.45, 2.75) is 46.0 Å². The number of hydrogen-bond donors (Lipinski definition) is 2. The third kappa shape index (κ3) is 7.51. The molecule has 5 nitrogen and oxygen atoms in total. The van der Waals surface area contributed by atoms with E-state index in [2.05, 4.69) is 55.7 Å². The van der Waals surface area contributed by atoms with E-state index in [0.717, 1.165) is 51.5 Å². The summed E-state index contributed by atoms with van der Waals surface area (Å²) in [5, 5.41) is 6.67. The molecule has 1 aromatic carbocycles. The Labute approximate surface area is 175 Å². The molecule has 6 heteroatoms. The van der Waals surface area contributed by atoms with Gasteiger partial charge in [0.2, 0.25) is 5.91 Å². The molecule has 1 aromatic rings. The predicted molar refractivity (Wildman–Crippen MR) is 119 cm³/mol. The van der Waals surface area contributed by atoms with Crippen LogP contribution in [-0.2, 0) is 4.79 Å². The van der Waals surface area contributed by atoms with Crippen molar-refractivity contribution in [1.29, 1.82) is 0 Å². The topological polar surface area (TPSA) is 56.7 Å². The van der Waals surface area contributed by atoms with Crippen LogP contribution >= 0.6 is 24.0 Å². The Morgan fingerprint density at radius 1 is 1.27 bits per heavy atom. The first-order valence-corrected chi connectivity index (χ1v) is 9.46. The number of hydrogen-bond acceptors (Lipinski definition) is 2. The summed E-state index contributed by atoms with van der Waals surface area (Å²) < 4.78 is 0. The number of halogens is 1. The molecule has 2 N–H and O–H groups in total. The van der Waals surface area contributed by atoms with E-state index in [1.807, 2.05) is 4.90 Å². The molecule has 1 aliphatic rings. The zero-order valence-electron chi connectivity index (χ0n) is 16.3. The largest absolute Gasteiger partial charge is 0.357 e. The first kappa shape index (κ1) is 22.7. The summed E-state index contributed by atoms with van der Waals surface area (Å²) in [4.78, 5) is 18.3. The zero-order chi connectivity index (χ0) is 18.1. The van der Waals surface area contributed by atoms with E-state index in [1.54, 1.807) is 0 Å². The summed E-state index contributed by atoms with van der Waals surface area (Å²) in [7, 11) is 0. The Balaban J connectivity index is 0.00000338. The summed E-state index contributed by atoms with van der Waals surface area (Å²) in [5.41, 5.74) is 2.60. The van der Waals surface area contributed by atoms with E-state index >= 15 is 0 Å². The molecule has 2 rings (SSSR count). The third-order valence-corrected chi connectivity index (χ3v) is 4.58. The van der Waals surface area contributed by atoms with Gasteiger partial charge in [0.05, 0.1) is 0 Å². The van der Waals surface area contributed by atoms with Gasteiger partial charge in [0.15, 0.2) is 5.96 Å². The van der Waals surface area contributed by atoms with Gasteiger partial charge in [0, 0.05) is 45.1 Å². The maximum absolute atomic E-state index is 11.6. The second-order valence-electron chi connectivity index (χ2n) is 6.80. The van der Waals surface area contributed by atoms with Crippen LogP contribution in [0.15, 0.2) is 29.3 Å². The van der Waals surface area contributed by atoms with E-state index in [-0.39, 0.29) is 24.0 Å². The number of nitrogens with one attached hydrogen (secondary N) is 2. The van der Waals surface area contributed by atoms with Gasteiger partial charge in [0.25, 0.3) is 0 Å². The molecule has 0 bridgehead atoms. The van der Waals surface area contributed by atoms with Crippen LogP contribution in [0.3, 0.4) is 0 Å². The van der Waals surface area contributed by atoms with Crippen LogP contribution in [0.5, 0.6) is 0 Å². The fourth-order valence-electron chi connectivity index (χ4n) is 2.99. The normalized spacial score (nSPS) is 15.6. The van der Waals surface area contributed by atoms with Crippen LogP contribution in [0.1, 0.15) is 50.2 Å². The molecular formula is C20H33IN4O. The smallest absolute Gasteiger partial charge is 0.222 e. The maximum atomic E-state index is 11.6. The Morgan fingerprint density at radius 3 is 2.62 bits per heavy atom. The van der Waals surface area contributed by atoms with Gasteiger partial charge in [-0.2, -0.15) is 0 Å². The minimum absolute atomic E-state index is 0. The van der Waals surface area contributed by atoms with E-state index < -0.39 is 0 Å². The number of carbonyl (C=O) groups is 1. The van der Waals surface area contributed by atoms with E-state index in [4.69, 9.17) is 4.99 Å². The number of rotatable bonds is 8. The van der Waals surface area contributed by atoms with Gasteiger partial charge in [-0.15, -0.1) is 24.0 Å². The molecule has 26 heavy (non-hydrogen) atoms. The lowest BCUT2D eigenvalue weighted by Crippen LogP contribution is -2.39. The van der Waals surface area contributed by atoms with Crippen molar-refractivity contribution in [2.75, 3.05) is 32.7 Å². The van der Waals surface area contributed by atoms with Crippen LogP contribution in [0, 0.1) is 6.92 Å². The highest BCUT2D eigenvalue weighted by molar-refractivity contribution is 14.0. The van der Waals surface area contributed by atoms with Gasteiger partial charge in [0.1, 0.15) is 0 Å². The van der Waals surface area contributed by atoms with Gasteiger partial charge in [-0.1, -0.05) is 36.8 Å². The Kier molecular flexibility index (Phi) is 10.6. The number of benzene rings is 1. The predicted octanol–water partition coefficient (Wildman–Crippen LogP) is 3.28. The number of guanidine groups is 1. The fraction of sp³-hybridized carbons (Fsp3) is 0.600. The molecule has 1 unspecified atom stereocenters. The molecule has 1 heterocycles. The van der Waals surface area contributed by atoms with Gasteiger partial charge < -0.3 is 15.5 Å². The lowest BCUT2D eigenvalue weighted by molar-refractivity contribution is -0.127. The van der Waals surface area contributed by atoms with Crippen molar-refractivity contribution in [3.63, 3.8) is 0 Å². The van der Waals surface area contributed by atoms with E-state index in [9.17, 15) is 4.79 Å². The standard InChI is InChI=1S/C20H32N4O.HI/c1-4-21-20(22-12-6-14-24-13-5-7-19(24)25)23-15-17(3)18-10-8-16(2)9-11-18;/h8-11,17H,4-7,12-15H2,1-3H3,(H2,21,22,23);1H. The lowest BCUT2D eigenvalue weighted by Gasteiger charge is -2.17. The quantitative estimate of drug-likeness (QED) is 0.264.